The van der Waals surface area contributed by atoms with Gasteiger partial charge in [0.15, 0.2) is 0 Å². The number of phenolic OH excluding ortho intramolecular Hbond substituents is 1. The Hall–Kier alpha value is -0.730. The Morgan fingerprint density at radius 2 is 2.11 bits per heavy atom. The van der Waals surface area contributed by atoms with E-state index in [4.69, 9.17) is 0 Å². The minimum Gasteiger partial charge on any atom is -0.508 e. The maximum absolute atomic E-state index is 9.86. The van der Waals surface area contributed by atoms with Gasteiger partial charge in [-0.25, -0.2) is 0 Å². The standard InChI is InChI=1S/C16H21NO.ClH/c18-12-5-4-11-9-15-13-3-1-2-6-16(13,7-8-17-15)14(11)10-12;/h4-5,10,13,15,17-18H,1-3,6-9H2;1H/t13-,15-,16+;/m0./s1. The molecule has 0 spiro atoms. The minimum absolute atomic E-state index is 0. The molecule has 2 N–H and O–H groups in total. The summed E-state index contributed by atoms with van der Waals surface area (Å²) in [6.45, 7) is 1.15. The Balaban J connectivity index is 0.00000110. The van der Waals surface area contributed by atoms with E-state index in [1.807, 2.05) is 6.07 Å². The Kier molecular flexibility index (Phi) is 3.26. The smallest absolute Gasteiger partial charge is 0.115 e. The van der Waals surface area contributed by atoms with Crippen molar-refractivity contribution in [3.05, 3.63) is 29.3 Å². The van der Waals surface area contributed by atoms with Gasteiger partial charge in [-0.1, -0.05) is 18.9 Å². The first kappa shape index (κ1) is 13.3. The number of fused-ring (bicyclic) bond motifs is 1. The molecule has 0 radical (unpaired) electrons. The van der Waals surface area contributed by atoms with Crippen molar-refractivity contribution in [3.8, 4) is 5.75 Å². The fourth-order valence-electron chi connectivity index (χ4n) is 4.91. The summed E-state index contributed by atoms with van der Waals surface area (Å²) in [7, 11) is 0. The third-order valence-corrected chi connectivity index (χ3v) is 5.63. The zero-order valence-corrected chi connectivity index (χ0v) is 12.0. The maximum atomic E-state index is 9.86. The molecule has 1 aromatic carbocycles. The molecule has 4 rings (SSSR count). The van der Waals surface area contributed by atoms with Crippen LogP contribution in [-0.4, -0.2) is 17.7 Å². The first-order chi connectivity index (χ1) is 8.79. The maximum Gasteiger partial charge on any atom is 0.115 e. The SMILES string of the molecule is Cl.Oc1ccc2c(c1)[C@@]13CCCC[C@H]1[C@H](C2)NCC3. The van der Waals surface area contributed by atoms with E-state index >= 15 is 0 Å². The van der Waals surface area contributed by atoms with Crippen LogP contribution in [0.5, 0.6) is 5.75 Å². The number of rotatable bonds is 0. The van der Waals surface area contributed by atoms with Crippen LogP contribution < -0.4 is 5.32 Å². The number of halogens is 1. The molecule has 1 saturated heterocycles. The van der Waals surface area contributed by atoms with Gasteiger partial charge in [-0.3, -0.25) is 0 Å². The Labute approximate surface area is 121 Å². The summed E-state index contributed by atoms with van der Waals surface area (Å²) in [5, 5.41) is 13.6. The molecule has 0 aromatic heterocycles. The summed E-state index contributed by atoms with van der Waals surface area (Å²) in [6.07, 6.45) is 7.85. The van der Waals surface area contributed by atoms with E-state index in [0.717, 1.165) is 18.9 Å². The van der Waals surface area contributed by atoms with Crippen molar-refractivity contribution in [1.29, 1.82) is 0 Å². The molecule has 1 aromatic rings. The lowest BCUT2D eigenvalue weighted by Crippen LogP contribution is -2.59. The van der Waals surface area contributed by atoms with E-state index in [1.54, 1.807) is 0 Å². The van der Waals surface area contributed by atoms with E-state index < -0.39 is 0 Å². The lowest BCUT2D eigenvalue weighted by molar-refractivity contribution is 0.0795. The molecule has 2 aliphatic carbocycles. The van der Waals surface area contributed by atoms with Crippen molar-refractivity contribution in [1.82, 2.24) is 5.32 Å². The second kappa shape index (κ2) is 4.68. The second-order valence-electron chi connectivity index (χ2n) is 6.36. The van der Waals surface area contributed by atoms with Crippen molar-refractivity contribution in [2.75, 3.05) is 6.54 Å². The van der Waals surface area contributed by atoms with Crippen LogP contribution in [0.25, 0.3) is 0 Å². The topological polar surface area (TPSA) is 32.3 Å². The van der Waals surface area contributed by atoms with E-state index in [2.05, 4.69) is 17.4 Å². The Morgan fingerprint density at radius 3 is 3.00 bits per heavy atom. The zero-order valence-electron chi connectivity index (χ0n) is 11.2. The summed E-state index contributed by atoms with van der Waals surface area (Å²) in [6, 6.07) is 6.75. The summed E-state index contributed by atoms with van der Waals surface area (Å²) < 4.78 is 0. The van der Waals surface area contributed by atoms with Gasteiger partial charge < -0.3 is 10.4 Å². The molecule has 19 heavy (non-hydrogen) atoms. The van der Waals surface area contributed by atoms with Crippen LogP contribution in [0.15, 0.2) is 18.2 Å². The number of hydrogen-bond donors (Lipinski definition) is 2. The lowest BCUT2D eigenvalue weighted by atomic mass is 9.53. The summed E-state index contributed by atoms with van der Waals surface area (Å²) in [4.78, 5) is 0. The molecule has 1 saturated carbocycles. The number of phenols is 1. The highest BCUT2D eigenvalue weighted by Gasteiger charge is 2.51. The predicted molar refractivity (Wildman–Crippen MR) is 79.1 cm³/mol. The molecule has 3 heteroatoms. The average Bonchev–Trinajstić information content (AvgIpc) is 2.40. The highest BCUT2D eigenvalue weighted by Crippen LogP contribution is 2.54. The number of benzene rings is 1. The van der Waals surface area contributed by atoms with Crippen LogP contribution >= 0.6 is 12.4 Å². The van der Waals surface area contributed by atoms with Gasteiger partial charge in [-0.15, -0.1) is 12.4 Å². The highest BCUT2D eigenvalue weighted by molar-refractivity contribution is 5.85. The van der Waals surface area contributed by atoms with Crippen molar-refractivity contribution >= 4 is 12.4 Å². The van der Waals surface area contributed by atoms with Crippen LogP contribution in [0.4, 0.5) is 0 Å². The third kappa shape index (κ3) is 1.80. The molecular weight excluding hydrogens is 258 g/mol. The van der Waals surface area contributed by atoms with Crippen molar-refractivity contribution in [2.24, 2.45) is 5.92 Å². The van der Waals surface area contributed by atoms with Gasteiger partial charge in [0, 0.05) is 11.5 Å². The van der Waals surface area contributed by atoms with Crippen molar-refractivity contribution in [3.63, 3.8) is 0 Å². The monoisotopic (exact) mass is 279 g/mol. The molecule has 2 fully saturated rings. The van der Waals surface area contributed by atoms with Gasteiger partial charge in [-0.05, 0) is 61.4 Å². The first-order valence-corrected chi connectivity index (χ1v) is 7.35. The third-order valence-electron chi connectivity index (χ3n) is 5.63. The minimum atomic E-state index is 0. The molecule has 1 aliphatic heterocycles. The van der Waals surface area contributed by atoms with Crippen molar-refractivity contribution in [2.45, 2.75) is 50.0 Å². The molecule has 2 bridgehead atoms. The first-order valence-electron chi connectivity index (χ1n) is 7.35. The number of nitrogens with one attached hydrogen (secondary N) is 1. The fourth-order valence-corrected chi connectivity index (χ4v) is 4.91. The lowest BCUT2D eigenvalue weighted by Gasteiger charge is -2.56. The molecule has 1 heterocycles. The van der Waals surface area contributed by atoms with Crippen molar-refractivity contribution < 1.29 is 5.11 Å². The van der Waals surface area contributed by atoms with Crippen LogP contribution in [0.1, 0.15) is 43.2 Å². The van der Waals surface area contributed by atoms with E-state index in [-0.39, 0.29) is 12.4 Å². The molecule has 3 aliphatic rings. The summed E-state index contributed by atoms with van der Waals surface area (Å²) in [5.41, 5.74) is 3.33. The van der Waals surface area contributed by atoms with Gasteiger partial charge >= 0.3 is 0 Å². The van der Waals surface area contributed by atoms with Gasteiger partial charge in [0.25, 0.3) is 0 Å². The average molecular weight is 280 g/mol. The molecule has 3 atom stereocenters. The van der Waals surface area contributed by atoms with Crippen LogP contribution in [0, 0.1) is 5.92 Å². The second-order valence-corrected chi connectivity index (χ2v) is 6.36. The number of piperidine rings is 1. The summed E-state index contributed by atoms with van der Waals surface area (Å²) >= 11 is 0. The molecule has 0 unspecified atom stereocenters. The molecule has 104 valence electrons. The van der Waals surface area contributed by atoms with E-state index in [9.17, 15) is 5.11 Å². The van der Waals surface area contributed by atoms with Crippen LogP contribution in [0.2, 0.25) is 0 Å². The van der Waals surface area contributed by atoms with Gasteiger partial charge in [0.1, 0.15) is 5.75 Å². The normalized spacial score (nSPS) is 35.8. The Morgan fingerprint density at radius 1 is 1.21 bits per heavy atom. The number of aromatic hydroxyl groups is 1. The molecule has 2 nitrogen and oxygen atoms in total. The van der Waals surface area contributed by atoms with Gasteiger partial charge in [0.05, 0.1) is 0 Å². The Bertz CT molecular complexity index is 486. The van der Waals surface area contributed by atoms with E-state index in [1.165, 1.54) is 43.2 Å². The van der Waals surface area contributed by atoms with E-state index in [0.29, 0.717) is 17.2 Å². The highest BCUT2D eigenvalue weighted by atomic mass is 35.5. The number of hydrogen-bond acceptors (Lipinski definition) is 2. The summed E-state index contributed by atoms with van der Waals surface area (Å²) in [5.74, 6) is 1.25. The van der Waals surface area contributed by atoms with Crippen LogP contribution in [-0.2, 0) is 11.8 Å². The quantitative estimate of drug-likeness (QED) is 0.765. The van der Waals surface area contributed by atoms with Gasteiger partial charge in [-0.2, -0.15) is 0 Å². The molecule has 0 amide bonds. The predicted octanol–water partition coefficient (Wildman–Crippen LogP) is 3.16. The van der Waals surface area contributed by atoms with Crippen LogP contribution in [0.3, 0.4) is 0 Å². The fraction of sp³-hybridized carbons (Fsp3) is 0.625. The zero-order chi connectivity index (χ0) is 12.2. The van der Waals surface area contributed by atoms with Gasteiger partial charge in [0.2, 0.25) is 0 Å². The molecular formula is C16H22ClNO. The largest absolute Gasteiger partial charge is 0.508 e.